The second-order valence-electron chi connectivity index (χ2n) is 5.19. The van der Waals surface area contributed by atoms with Crippen LogP contribution in [0.5, 0.6) is 0 Å². The van der Waals surface area contributed by atoms with Gasteiger partial charge in [-0.2, -0.15) is 0 Å². The van der Waals surface area contributed by atoms with Gasteiger partial charge in [0, 0.05) is 16.8 Å². The van der Waals surface area contributed by atoms with Gasteiger partial charge in [0.05, 0.1) is 0 Å². The summed E-state index contributed by atoms with van der Waals surface area (Å²) in [5, 5.41) is 0. The van der Waals surface area contributed by atoms with E-state index in [1.165, 1.54) is 5.56 Å². The number of aryl methyl sites for hydroxylation is 4. The van der Waals surface area contributed by atoms with Crippen LogP contribution in [0.4, 0.5) is 5.69 Å². The summed E-state index contributed by atoms with van der Waals surface area (Å²) in [5.41, 5.74) is 12.1. The molecule has 2 nitrogen and oxygen atoms in total. The van der Waals surface area contributed by atoms with Crippen molar-refractivity contribution < 1.29 is 4.79 Å². The van der Waals surface area contributed by atoms with Crippen molar-refractivity contribution in [2.75, 3.05) is 5.73 Å². The number of hydrogen-bond donors (Lipinski definition) is 1. The van der Waals surface area contributed by atoms with Crippen molar-refractivity contribution in [3.8, 4) is 0 Å². The number of nitrogens with two attached hydrogens (primary N) is 1. The first-order chi connectivity index (χ1) is 8.90. The molecular formula is C17H19NO. The summed E-state index contributed by atoms with van der Waals surface area (Å²) in [7, 11) is 0. The Morgan fingerprint density at radius 1 is 0.895 bits per heavy atom. The molecule has 2 aromatic rings. The van der Waals surface area contributed by atoms with Crippen LogP contribution in [-0.2, 0) is 0 Å². The van der Waals surface area contributed by atoms with E-state index in [-0.39, 0.29) is 5.78 Å². The average Bonchev–Trinajstić information content (AvgIpc) is 2.30. The molecule has 0 amide bonds. The Bertz CT molecular complexity index is 633. The lowest BCUT2D eigenvalue weighted by molar-refractivity contribution is 0.103. The van der Waals surface area contributed by atoms with Crippen LogP contribution in [0.1, 0.15) is 38.2 Å². The second-order valence-corrected chi connectivity index (χ2v) is 5.19. The molecule has 0 atom stereocenters. The van der Waals surface area contributed by atoms with Crippen LogP contribution in [0, 0.1) is 27.7 Å². The van der Waals surface area contributed by atoms with Crippen molar-refractivity contribution in [3.05, 3.63) is 63.7 Å². The molecule has 0 aromatic heterocycles. The number of carbonyl (C=O) groups is 1. The third-order valence-corrected chi connectivity index (χ3v) is 3.36. The highest BCUT2D eigenvalue weighted by Gasteiger charge is 2.17. The van der Waals surface area contributed by atoms with Crippen LogP contribution >= 0.6 is 0 Å². The molecule has 0 aliphatic carbocycles. The molecule has 98 valence electrons. The van der Waals surface area contributed by atoms with E-state index in [0.717, 1.165) is 22.3 Å². The molecular weight excluding hydrogens is 234 g/mol. The van der Waals surface area contributed by atoms with E-state index >= 15 is 0 Å². The fourth-order valence-electron chi connectivity index (χ4n) is 2.54. The molecule has 0 saturated carbocycles. The minimum atomic E-state index is 0.0104. The van der Waals surface area contributed by atoms with Crippen LogP contribution < -0.4 is 5.73 Å². The fourth-order valence-corrected chi connectivity index (χ4v) is 2.54. The highest BCUT2D eigenvalue weighted by atomic mass is 16.1. The van der Waals surface area contributed by atoms with Crippen LogP contribution in [0.3, 0.4) is 0 Å². The zero-order valence-electron chi connectivity index (χ0n) is 11.9. The van der Waals surface area contributed by atoms with Crippen molar-refractivity contribution in [2.45, 2.75) is 27.7 Å². The summed E-state index contributed by atoms with van der Waals surface area (Å²) in [6, 6.07) is 9.64. The Morgan fingerprint density at radius 2 is 1.47 bits per heavy atom. The molecule has 0 unspecified atom stereocenters. The number of rotatable bonds is 2. The van der Waals surface area contributed by atoms with Gasteiger partial charge in [-0.15, -0.1) is 0 Å². The van der Waals surface area contributed by atoms with E-state index in [1.807, 2.05) is 52.0 Å². The lowest BCUT2D eigenvalue weighted by atomic mass is 9.92. The standard InChI is InChI=1S/C17H19NO/c1-10-5-6-15(18)14(9-10)17(19)16-12(3)7-11(2)8-13(16)4/h5-9H,18H2,1-4H3. The molecule has 2 heteroatoms. The Hall–Kier alpha value is -2.09. The maximum Gasteiger partial charge on any atom is 0.195 e. The third-order valence-electron chi connectivity index (χ3n) is 3.36. The molecule has 0 spiro atoms. The summed E-state index contributed by atoms with van der Waals surface area (Å²) in [6.45, 7) is 7.94. The van der Waals surface area contributed by atoms with E-state index in [9.17, 15) is 4.79 Å². The second kappa shape index (κ2) is 4.88. The maximum absolute atomic E-state index is 12.7. The molecule has 2 rings (SSSR count). The first-order valence-electron chi connectivity index (χ1n) is 6.39. The fraction of sp³-hybridized carbons (Fsp3) is 0.235. The van der Waals surface area contributed by atoms with Gasteiger partial charge in [0.2, 0.25) is 0 Å². The number of nitrogen functional groups attached to an aromatic ring is 1. The Labute approximate surface area is 114 Å². The van der Waals surface area contributed by atoms with Gasteiger partial charge in [0.25, 0.3) is 0 Å². The SMILES string of the molecule is Cc1cc(C)c(C(=O)c2cc(C)ccc2N)c(C)c1. The van der Waals surface area contributed by atoms with E-state index in [0.29, 0.717) is 11.3 Å². The van der Waals surface area contributed by atoms with Crippen LogP contribution in [0.2, 0.25) is 0 Å². The summed E-state index contributed by atoms with van der Waals surface area (Å²) < 4.78 is 0. The van der Waals surface area contributed by atoms with Gasteiger partial charge in [0.15, 0.2) is 5.78 Å². The van der Waals surface area contributed by atoms with Crippen molar-refractivity contribution in [3.63, 3.8) is 0 Å². The Balaban J connectivity index is 2.59. The highest BCUT2D eigenvalue weighted by Crippen LogP contribution is 2.23. The minimum Gasteiger partial charge on any atom is -0.398 e. The predicted octanol–water partition coefficient (Wildman–Crippen LogP) is 3.73. The monoisotopic (exact) mass is 253 g/mol. The number of benzene rings is 2. The quantitative estimate of drug-likeness (QED) is 0.654. The summed E-state index contributed by atoms with van der Waals surface area (Å²) in [4.78, 5) is 12.7. The number of anilines is 1. The average molecular weight is 253 g/mol. The molecule has 0 bridgehead atoms. The van der Waals surface area contributed by atoms with Gasteiger partial charge in [-0.05, 0) is 51.0 Å². The largest absolute Gasteiger partial charge is 0.398 e. The van der Waals surface area contributed by atoms with Crippen molar-refractivity contribution in [2.24, 2.45) is 0 Å². The van der Waals surface area contributed by atoms with Gasteiger partial charge in [-0.3, -0.25) is 4.79 Å². The van der Waals surface area contributed by atoms with Crippen LogP contribution in [0.15, 0.2) is 30.3 Å². The Morgan fingerprint density at radius 3 is 2.05 bits per heavy atom. The van der Waals surface area contributed by atoms with Crippen LogP contribution in [0.25, 0.3) is 0 Å². The molecule has 0 fully saturated rings. The summed E-state index contributed by atoms with van der Waals surface area (Å²) in [5.74, 6) is 0.0104. The molecule has 0 radical (unpaired) electrons. The molecule has 2 aromatic carbocycles. The van der Waals surface area contributed by atoms with Gasteiger partial charge in [0.1, 0.15) is 0 Å². The Kier molecular flexibility index (Phi) is 3.43. The highest BCUT2D eigenvalue weighted by molar-refractivity contribution is 6.13. The smallest absolute Gasteiger partial charge is 0.195 e. The van der Waals surface area contributed by atoms with Gasteiger partial charge < -0.3 is 5.73 Å². The van der Waals surface area contributed by atoms with Gasteiger partial charge >= 0.3 is 0 Å². The molecule has 0 heterocycles. The van der Waals surface area contributed by atoms with Crippen molar-refractivity contribution in [1.29, 1.82) is 0 Å². The first kappa shape index (κ1) is 13.3. The normalized spacial score (nSPS) is 10.5. The van der Waals surface area contributed by atoms with Crippen molar-refractivity contribution in [1.82, 2.24) is 0 Å². The minimum absolute atomic E-state index is 0.0104. The molecule has 2 N–H and O–H groups in total. The zero-order valence-corrected chi connectivity index (χ0v) is 11.9. The van der Waals surface area contributed by atoms with Gasteiger partial charge in [-0.1, -0.05) is 29.3 Å². The lowest BCUT2D eigenvalue weighted by Gasteiger charge is -2.12. The van der Waals surface area contributed by atoms with E-state index < -0.39 is 0 Å². The zero-order chi connectivity index (χ0) is 14.2. The van der Waals surface area contributed by atoms with Crippen molar-refractivity contribution >= 4 is 11.5 Å². The molecule has 0 saturated heterocycles. The molecule has 19 heavy (non-hydrogen) atoms. The molecule has 0 aliphatic rings. The summed E-state index contributed by atoms with van der Waals surface area (Å²) in [6.07, 6.45) is 0. The first-order valence-corrected chi connectivity index (χ1v) is 6.39. The van der Waals surface area contributed by atoms with Crippen LogP contribution in [-0.4, -0.2) is 5.78 Å². The summed E-state index contributed by atoms with van der Waals surface area (Å²) >= 11 is 0. The number of carbonyl (C=O) groups excluding carboxylic acids is 1. The van der Waals surface area contributed by atoms with E-state index in [4.69, 9.17) is 5.73 Å². The van der Waals surface area contributed by atoms with E-state index in [2.05, 4.69) is 0 Å². The number of ketones is 1. The predicted molar refractivity (Wildman–Crippen MR) is 79.7 cm³/mol. The topological polar surface area (TPSA) is 43.1 Å². The third kappa shape index (κ3) is 2.53. The lowest BCUT2D eigenvalue weighted by Crippen LogP contribution is -2.09. The van der Waals surface area contributed by atoms with E-state index in [1.54, 1.807) is 6.07 Å². The van der Waals surface area contributed by atoms with Gasteiger partial charge in [-0.25, -0.2) is 0 Å². The maximum atomic E-state index is 12.7. The number of hydrogen-bond acceptors (Lipinski definition) is 2. The molecule has 0 aliphatic heterocycles.